The first-order valence-corrected chi connectivity index (χ1v) is 7.94. The van der Waals surface area contributed by atoms with E-state index in [1.807, 2.05) is 13.0 Å². The number of hydrogen-bond donors (Lipinski definition) is 1. The minimum Gasteiger partial charge on any atom is -0.305 e. The fraction of sp³-hybridized carbons (Fsp3) is 0.111. The minimum absolute atomic E-state index is 0.205. The van der Waals surface area contributed by atoms with Gasteiger partial charge in [0.2, 0.25) is 5.43 Å². The van der Waals surface area contributed by atoms with Gasteiger partial charge < -0.3 is 5.32 Å². The van der Waals surface area contributed by atoms with Gasteiger partial charge >= 0.3 is 0 Å². The average molecular weight is 355 g/mol. The maximum atomic E-state index is 12.4. The fourth-order valence-corrected chi connectivity index (χ4v) is 2.46. The molecule has 126 valence electrons. The third-order valence-corrected chi connectivity index (χ3v) is 3.78. The predicted octanol–water partition coefficient (Wildman–Crippen LogP) is 3.15. The first-order valence-electron chi connectivity index (χ1n) is 7.56. The maximum Gasteiger partial charge on any atom is 0.281 e. The van der Waals surface area contributed by atoms with Crippen molar-refractivity contribution in [2.24, 2.45) is 0 Å². The zero-order valence-electron chi connectivity index (χ0n) is 13.7. The summed E-state index contributed by atoms with van der Waals surface area (Å²) in [5, 5.41) is 7.40. The SMILES string of the molecule is Cc1cccc(NC(=O)c2nn(-c3ccc(Cl)cc3)c(C)cc2=O)n1. The molecular formula is C18H15ClN4O2. The second-order valence-electron chi connectivity index (χ2n) is 5.51. The number of rotatable bonds is 3. The third-order valence-electron chi connectivity index (χ3n) is 3.52. The summed E-state index contributed by atoms with van der Waals surface area (Å²) in [7, 11) is 0. The van der Waals surface area contributed by atoms with Gasteiger partial charge in [0.25, 0.3) is 5.91 Å². The number of carbonyl (C=O) groups is 1. The highest BCUT2D eigenvalue weighted by Gasteiger charge is 2.16. The van der Waals surface area contributed by atoms with Crippen molar-refractivity contribution in [3.8, 4) is 5.69 Å². The molecule has 0 aliphatic rings. The Morgan fingerprint density at radius 1 is 1.12 bits per heavy atom. The van der Waals surface area contributed by atoms with Gasteiger partial charge in [-0.3, -0.25) is 9.59 Å². The van der Waals surface area contributed by atoms with E-state index in [2.05, 4.69) is 15.4 Å². The molecule has 0 radical (unpaired) electrons. The van der Waals surface area contributed by atoms with Gasteiger partial charge in [0, 0.05) is 22.5 Å². The lowest BCUT2D eigenvalue weighted by atomic mass is 10.2. The van der Waals surface area contributed by atoms with Crippen LogP contribution in [0.1, 0.15) is 21.9 Å². The van der Waals surface area contributed by atoms with Crippen LogP contribution in [0.5, 0.6) is 0 Å². The number of hydrogen-bond acceptors (Lipinski definition) is 4. The van der Waals surface area contributed by atoms with E-state index in [4.69, 9.17) is 11.6 Å². The third kappa shape index (κ3) is 3.75. The standard InChI is InChI=1S/C18H15ClN4O2/c1-11-4-3-5-16(20-11)21-18(25)17-15(24)10-12(2)23(22-17)14-8-6-13(19)7-9-14/h3-10H,1-2H3,(H,20,21,25). The molecule has 1 amide bonds. The number of carbonyl (C=O) groups excluding carboxylic acids is 1. The molecule has 1 N–H and O–H groups in total. The molecule has 0 fully saturated rings. The van der Waals surface area contributed by atoms with Crippen molar-refractivity contribution in [2.45, 2.75) is 13.8 Å². The van der Waals surface area contributed by atoms with Crippen LogP contribution < -0.4 is 10.7 Å². The van der Waals surface area contributed by atoms with E-state index in [1.54, 1.807) is 43.3 Å². The summed E-state index contributed by atoms with van der Waals surface area (Å²) in [5.41, 5.74) is 1.41. The van der Waals surface area contributed by atoms with E-state index in [9.17, 15) is 9.59 Å². The molecule has 7 heteroatoms. The van der Waals surface area contributed by atoms with Crippen LogP contribution in [0.4, 0.5) is 5.82 Å². The topological polar surface area (TPSA) is 76.9 Å². The Kier molecular flexibility index (Phi) is 4.63. The van der Waals surface area contributed by atoms with Crippen LogP contribution in [0.2, 0.25) is 5.02 Å². The van der Waals surface area contributed by atoms with Crippen LogP contribution in [0.25, 0.3) is 5.69 Å². The van der Waals surface area contributed by atoms with Gasteiger partial charge in [-0.1, -0.05) is 17.7 Å². The molecule has 2 heterocycles. The Balaban J connectivity index is 1.98. The van der Waals surface area contributed by atoms with E-state index < -0.39 is 11.3 Å². The van der Waals surface area contributed by atoms with Crippen molar-refractivity contribution >= 4 is 23.3 Å². The first-order chi connectivity index (χ1) is 11.9. The quantitative estimate of drug-likeness (QED) is 0.783. The van der Waals surface area contributed by atoms with Crippen LogP contribution in [-0.2, 0) is 0 Å². The van der Waals surface area contributed by atoms with Gasteiger partial charge in [0.1, 0.15) is 5.82 Å². The summed E-state index contributed by atoms with van der Waals surface area (Å²) in [6, 6.07) is 13.6. The average Bonchev–Trinajstić information content (AvgIpc) is 2.56. The van der Waals surface area contributed by atoms with E-state index in [-0.39, 0.29) is 5.69 Å². The summed E-state index contributed by atoms with van der Waals surface area (Å²) >= 11 is 5.90. The highest BCUT2D eigenvalue weighted by atomic mass is 35.5. The second-order valence-corrected chi connectivity index (χ2v) is 5.94. The molecule has 0 saturated carbocycles. The van der Waals surface area contributed by atoms with Crippen LogP contribution in [-0.4, -0.2) is 20.7 Å². The van der Waals surface area contributed by atoms with Gasteiger partial charge in [-0.25, -0.2) is 9.67 Å². The van der Waals surface area contributed by atoms with E-state index in [0.717, 1.165) is 5.69 Å². The summed E-state index contributed by atoms with van der Waals surface area (Å²) in [5.74, 6) is -0.240. The van der Waals surface area contributed by atoms with Gasteiger partial charge in [-0.05, 0) is 50.2 Å². The zero-order valence-corrected chi connectivity index (χ0v) is 14.4. The molecule has 0 saturated heterocycles. The van der Waals surface area contributed by atoms with E-state index in [1.165, 1.54) is 10.7 Å². The zero-order chi connectivity index (χ0) is 18.0. The summed E-state index contributed by atoms with van der Waals surface area (Å²) < 4.78 is 1.52. The van der Waals surface area contributed by atoms with Crippen molar-refractivity contribution in [3.63, 3.8) is 0 Å². The number of amides is 1. The van der Waals surface area contributed by atoms with Crippen LogP contribution in [0, 0.1) is 13.8 Å². The number of halogens is 1. The van der Waals surface area contributed by atoms with Gasteiger partial charge in [0.15, 0.2) is 5.69 Å². The van der Waals surface area contributed by atoms with Crippen LogP contribution in [0.15, 0.2) is 53.3 Å². The molecule has 0 aliphatic carbocycles. The number of aromatic nitrogens is 3. The lowest BCUT2D eigenvalue weighted by Gasteiger charge is -2.11. The van der Waals surface area contributed by atoms with Gasteiger partial charge in [-0.2, -0.15) is 5.10 Å². The monoisotopic (exact) mass is 354 g/mol. The van der Waals surface area contributed by atoms with Crippen molar-refractivity contribution in [3.05, 3.63) is 80.9 Å². The summed E-state index contributed by atoms with van der Waals surface area (Å²) in [6.07, 6.45) is 0. The van der Waals surface area contributed by atoms with Gasteiger partial charge in [-0.15, -0.1) is 0 Å². The van der Waals surface area contributed by atoms with Crippen LogP contribution in [0.3, 0.4) is 0 Å². The fourth-order valence-electron chi connectivity index (χ4n) is 2.34. The Bertz CT molecular complexity index is 997. The number of nitrogens with zero attached hydrogens (tertiary/aromatic N) is 3. The Morgan fingerprint density at radius 2 is 1.84 bits per heavy atom. The minimum atomic E-state index is -0.606. The molecule has 0 aliphatic heterocycles. The summed E-state index contributed by atoms with van der Waals surface area (Å²) in [6.45, 7) is 3.56. The largest absolute Gasteiger partial charge is 0.305 e. The van der Waals surface area contributed by atoms with Crippen molar-refractivity contribution in [2.75, 3.05) is 5.32 Å². The Hall–Kier alpha value is -2.99. The molecule has 2 aromatic heterocycles. The Labute approximate surface area is 149 Å². The number of nitrogens with one attached hydrogen (secondary N) is 1. The van der Waals surface area contributed by atoms with Gasteiger partial charge in [0.05, 0.1) is 5.69 Å². The molecule has 6 nitrogen and oxygen atoms in total. The predicted molar refractivity (Wildman–Crippen MR) is 96.5 cm³/mol. The smallest absolute Gasteiger partial charge is 0.281 e. The van der Waals surface area contributed by atoms with Crippen molar-refractivity contribution in [1.29, 1.82) is 0 Å². The molecule has 3 rings (SSSR count). The maximum absolute atomic E-state index is 12.4. The molecule has 0 unspecified atom stereocenters. The molecule has 0 bridgehead atoms. The molecule has 3 aromatic rings. The first kappa shape index (κ1) is 16.9. The number of aryl methyl sites for hydroxylation is 2. The lowest BCUT2D eigenvalue weighted by molar-refractivity contribution is 0.101. The molecular weight excluding hydrogens is 340 g/mol. The van der Waals surface area contributed by atoms with Crippen molar-refractivity contribution < 1.29 is 4.79 Å². The number of pyridine rings is 1. The molecule has 25 heavy (non-hydrogen) atoms. The van der Waals surface area contributed by atoms with E-state index in [0.29, 0.717) is 22.2 Å². The number of anilines is 1. The van der Waals surface area contributed by atoms with E-state index >= 15 is 0 Å². The number of benzene rings is 1. The second kappa shape index (κ2) is 6.86. The summed E-state index contributed by atoms with van der Waals surface area (Å²) in [4.78, 5) is 28.8. The Morgan fingerprint density at radius 3 is 2.52 bits per heavy atom. The van der Waals surface area contributed by atoms with Crippen LogP contribution >= 0.6 is 11.6 Å². The van der Waals surface area contributed by atoms with Crippen molar-refractivity contribution in [1.82, 2.24) is 14.8 Å². The lowest BCUT2D eigenvalue weighted by Crippen LogP contribution is -2.27. The molecule has 0 atom stereocenters. The highest BCUT2D eigenvalue weighted by molar-refractivity contribution is 6.30. The molecule has 1 aromatic carbocycles. The highest BCUT2D eigenvalue weighted by Crippen LogP contribution is 2.14. The molecule has 0 spiro atoms. The normalized spacial score (nSPS) is 10.5.